The second-order valence-electron chi connectivity index (χ2n) is 5.98. The number of ether oxygens (including phenoxy) is 2. The Kier molecular flexibility index (Phi) is 4.46. The van der Waals surface area contributed by atoms with Gasteiger partial charge in [0.1, 0.15) is 0 Å². The van der Waals surface area contributed by atoms with Gasteiger partial charge in [0.15, 0.2) is 0 Å². The molecule has 2 heterocycles. The standard InChI is InChI=1S/C16H22BrNO2/c17-14-3-1-2-12(10-14)15(18)13-4-7-20-16(11-13)5-8-19-9-6-16/h1-3,10,13,15H,4-9,11,18H2. The van der Waals surface area contributed by atoms with Crippen molar-refractivity contribution in [3.8, 4) is 0 Å². The van der Waals surface area contributed by atoms with Crippen LogP contribution < -0.4 is 5.73 Å². The van der Waals surface area contributed by atoms with Gasteiger partial charge in [-0.15, -0.1) is 0 Å². The van der Waals surface area contributed by atoms with Gasteiger partial charge >= 0.3 is 0 Å². The highest BCUT2D eigenvalue weighted by molar-refractivity contribution is 9.10. The van der Waals surface area contributed by atoms with E-state index in [1.807, 2.05) is 6.07 Å². The van der Waals surface area contributed by atoms with Crippen LogP contribution in [0.15, 0.2) is 28.7 Å². The highest BCUT2D eigenvalue weighted by Gasteiger charge is 2.40. The molecule has 3 rings (SSSR count). The Bertz CT molecular complexity index is 454. The van der Waals surface area contributed by atoms with Crippen LogP contribution in [0.2, 0.25) is 0 Å². The van der Waals surface area contributed by atoms with Crippen molar-refractivity contribution < 1.29 is 9.47 Å². The van der Waals surface area contributed by atoms with Gasteiger partial charge in [0, 0.05) is 30.3 Å². The molecule has 0 saturated carbocycles. The zero-order valence-corrected chi connectivity index (χ0v) is 13.3. The van der Waals surface area contributed by atoms with Gasteiger partial charge in [-0.1, -0.05) is 28.1 Å². The number of rotatable bonds is 2. The molecule has 4 heteroatoms. The first-order valence-electron chi connectivity index (χ1n) is 7.41. The Morgan fingerprint density at radius 1 is 1.25 bits per heavy atom. The van der Waals surface area contributed by atoms with Crippen LogP contribution in [0.4, 0.5) is 0 Å². The van der Waals surface area contributed by atoms with Crippen LogP contribution in [0.1, 0.15) is 37.3 Å². The third kappa shape index (κ3) is 3.08. The lowest BCUT2D eigenvalue weighted by Gasteiger charge is -2.44. The molecular weight excluding hydrogens is 318 g/mol. The molecule has 20 heavy (non-hydrogen) atoms. The Morgan fingerprint density at radius 3 is 2.80 bits per heavy atom. The van der Waals surface area contributed by atoms with Gasteiger partial charge in [0.2, 0.25) is 0 Å². The second-order valence-corrected chi connectivity index (χ2v) is 6.89. The molecule has 0 amide bonds. The summed E-state index contributed by atoms with van der Waals surface area (Å²) in [5.41, 5.74) is 7.76. The van der Waals surface area contributed by atoms with E-state index in [0.717, 1.165) is 50.0 Å². The van der Waals surface area contributed by atoms with E-state index < -0.39 is 0 Å². The molecule has 2 atom stereocenters. The highest BCUT2D eigenvalue weighted by atomic mass is 79.9. The lowest BCUT2D eigenvalue weighted by molar-refractivity contribution is -0.149. The van der Waals surface area contributed by atoms with Crippen LogP contribution in [0.25, 0.3) is 0 Å². The minimum absolute atomic E-state index is 0.0186. The summed E-state index contributed by atoms with van der Waals surface area (Å²) in [4.78, 5) is 0. The molecular formula is C16H22BrNO2. The van der Waals surface area contributed by atoms with Crippen molar-refractivity contribution in [2.75, 3.05) is 19.8 Å². The topological polar surface area (TPSA) is 44.5 Å². The van der Waals surface area contributed by atoms with E-state index in [2.05, 4.69) is 34.1 Å². The van der Waals surface area contributed by atoms with Crippen LogP contribution in [-0.4, -0.2) is 25.4 Å². The van der Waals surface area contributed by atoms with Gasteiger partial charge in [-0.05, 0) is 49.3 Å². The van der Waals surface area contributed by atoms with Crippen molar-refractivity contribution in [3.05, 3.63) is 34.3 Å². The summed E-state index contributed by atoms with van der Waals surface area (Å²) in [6.07, 6.45) is 4.13. The van der Waals surface area contributed by atoms with Crippen molar-refractivity contribution in [1.29, 1.82) is 0 Å². The Balaban J connectivity index is 1.73. The highest BCUT2D eigenvalue weighted by Crippen LogP contribution is 2.41. The largest absolute Gasteiger partial charge is 0.381 e. The van der Waals surface area contributed by atoms with Crippen LogP contribution in [0.3, 0.4) is 0 Å². The van der Waals surface area contributed by atoms with E-state index in [9.17, 15) is 0 Å². The zero-order chi connectivity index (χ0) is 14.0. The molecule has 1 aromatic carbocycles. The monoisotopic (exact) mass is 339 g/mol. The van der Waals surface area contributed by atoms with Crippen molar-refractivity contribution in [2.45, 2.75) is 37.3 Å². The van der Waals surface area contributed by atoms with Crippen LogP contribution in [0, 0.1) is 5.92 Å². The summed E-state index contributed by atoms with van der Waals surface area (Å²) in [5, 5.41) is 0. The summed E-state index contributed by atoms with van der Waals surface area (Å²) in [5.74, 6) is 0.496. The molecule has 2 N–H and O–H groups in total. The van der Waals surface area contributed by atoms with Crippen LogP contribution in [-0.2, 0) is 9.47 Å². The summed E-state index contributed by atoms with van der Waals surface area (Å²) >= 11 is 3.53. The fraction of sp³-hybridized carbons (Fsp3) is 0.625. The maximum atomic E-state index is 6.52. The first kappa shape index (κ1) is 14.5. The molecule has 110 valence electrons. The van der Waals surface area contributed by atoms with E-state index in [4.69, 9.17) is 15.2 Å². The van der Waals surface area contributed by atoms with Crippen molar-refractivity contribution in [2.24, 2.45) is 11.7 Å². The first-order chi connectivity index (χ1) is 9.69. The second kappa shape index (κ2) is 6.14. The zero-order valence-electron chi connectivity index (χ0n) is 11.7. The van der Waals surface area contributed by atoms with Gasteiger partial charge in [-0.2, -0.15) is 0 Å². The van der Waals surface area contributed by atoms with Crippen molar-refractivity contribution in [3.63, 3.8) is 0 Å². The number of benzene rings is 1. The minimum atomic E-state index is 0.0186. The quantitative estimate of drug-likeness (QED) is 0.897. The Morgan fingerprint density at radius 2 is 2.05 bits per heavy atom. The minimum Gasteiger partial charge on any atom is -0.381 e. The molecule has 2 unspecified atom stereocenters. The first-order valence-corrected chi connectivity index (χ1v) is 8.21. The third-order valence-electron chi connectivity index (χ3n) is 4.68. The lowest BCUT2D eigenvalue weighted by Crippen LogP contribution is -2.46. The van der Waals surface area contributed by atoms with Gasteiger partial charge < -0.3 is 15.2 Å². The van der Waals surface area contributed by atoms with Gasteiger partial charge in [0.05, 0.1) is 5.60 Å². The van der Waals surface area contributed by atoms with E-state index in [0.29, 0.717) is 5.92 Å². The van der Waals surface area contributed by atoms with E-state index in [-0.39, 0.29) is 11.6 Å². The van der Waals surface area contributed by atoms with Gasteiger partial charge in [-0.25, -0.2) is 0 Å². The molecule has 3 nitrogen and oxygen atoms in total. The van der Waals surface area contributed by atoms with E-state index >= 15 is 0 Å². The van der Waals surface area contributed by atoms with Crippen molar-refractivity contribution >= 4 is 15.9 Å². The molecule has 2 aliphatic rings. The number of hydrogen-bond acceptors (Lipinski definition) is 3. The smallest absolute Gasteiger partial charge is 0.0729 e. The molecule has 0 aromatic heterocycles. The van der Waals surface area contributed by atoms with E-state index in [1.54, 1.807) is 0 Å². The van der Waals surface area contributed by atoms with Gasteiger partial charge in [0.25, 0.3) is 0 Å². The summed E-state index contributed by atoms with van der Waals surface area (Å²) < 4.78 is 12.7. The molecule has 0 radical (unpaired) electrons. The fourth-order valence-electron chi connectivity index (χ4n) is 3.45. The number of hydrogen-bond donors (Lipinski definition) is 1. The summed E-state index contributed by atoms with van der Waals surface area (Å²) in [6.45, 7) is 2.46. The molecule has 2 fully saturated rings. The molecule has 1 aromatic rings. The van der Waals surface area contributed by atoms with E-state index in [1.165, 1.54) is 5.56 Å². The summed E-state index contributed by atoms with van der Waals surface area (Å²) in [7, 11) is 0. The third-order valence-corrected chi connectivity index (χ3v) is 5.17. The Hall–Kier alpha value is -0.420. The fourth-order valence-corrected chi connectivity index (χ4v) is 3.87. The van der Waals surface area contributed by atoms with Crippen LogP contribution in [0.5, 0.6) is 0 Å². The Labute approximate surface area is 129 Å². The SMILES string of the molecule is NC(c1cccc(Br)c1)C1CCOC2(CCOCC2)C1. The maximum Gasteiger partial charge on any atom is 0.0729 e. The average molecular weight is 340 g/mol. The van der Waals surface area contributed by atoms with Crippen molar-refractivity contribution in [1.82, 2.24) is 0 Å². The van der Waals surface area contributed by atoms with Crippen LogP contribution >= 0.6 is 15.9 Å². The predicted octanol–water partition coefficient (Wildman–Crippen LogP) is 3.42. The molecule has 2 aliphatic heterocycles. The molecule has 0 aliphatic carbocycles. The molecule has 0 bridgehead atoms. The van der Waals surface area contributed by atoms with Gasteiger partial charge in [-0.3, -0.25) is 0 Å². The average Bonchev–Trinajstić information content (AvgIpc) is 2.47. The predicted molar refractivity (Wildman–Crippen MR) is 82.5 cm³/mol. The molecule has 2 saturated heterocycles. The normalized spacial score (nSPS) is 27.4. The lowest BCUT2D eigenvalue weighted by atomic mass is 9.76. The number of halogens is 1. The molecule has 1 spiro atoms. The number of nitrogens with two attached hydrogens (primary N) is 1. The summed E-state index contributed by atoms with van der Waals surface area (Å²) in [6, 6.07) is 8.46. The maximum absolute atomic E-state index is 6.52.